The predicted octanol–water partition coefficient (Wildman–Crippen LogP) is 4.93. The summed E-state index contributed by atoms with van der Waals surface area (Å²) < 4.78 is 10.9. The summed E-state index contributed by atoms with van der Waals surface area (Å²) in [6.45, 7) is 2.46. The third-order valence-corrected chi connectivity index (χ3v) is 4.59. The Morgan fingerprint density at radius 2 is 1.91 bits per heavy atom. The van der Waals surface area contributed by atoms with Crippen molar-refractivity contribution in [3.05, 3.63) is 69.5 Å². The molecule has 3 aromatic rings. The van der Waals surface area contributed by atoms with Gasteiger partial charge in [0.2, 0.25) is 0 Å². The van der Waals surface area contributed by atoms with E-state index in [0.29, 0.717) is 17.9 Å². The lowest BCUT2D eigenvalue weighted by molar-refractivity contribution is 0.343. The summed E-state index contributed by atoms with van der Waals surface area (Å²) in [5.74, 6) is 1.51. The van der Waals surface area contributed by atoms with Crippen LogP contribution >= 0.6 is 23.4 Å². The molecule has 0 amide bonds. The molecule has 0 atom stereocenters. The first-order valence-corrected chi connectivity index (χ1v) is 8.54. The van der Waals surface area contributed by atoms with E-state index < -0.39 is 0 Å². The van der Waals surface area contributed by atoms with Gasteiger partial charge in [0.1, 0.15) is 11.3 Å². The smallest absolute Gasteiger partial charge is 0.336 e. The van der Waals surface area contributed by atoms with Gasteiger partial charge in [-0.25, -0.2) is 4.79 Å². The minimum atomic E-state index is -0.342. The monoisotopic (exact) mass is 346 g/mol. The summed E-state index contributed by atoms with van der Waals surface area (Å²) in [5.41, 5.74) is 1.12. The number of benzene rings is 2. The summed E-state index contributed by atoms with van der Waals surface area (Å²) in [5, 5.41) is 1.66. The summed E-state index contributed by atoms with van der Waals surface area (Å²) in [4.78, 5) is 12.6. The van der Waals surface area contributed by atoms with Crippen LogP contribution in [-0.4, -0.2) is 12.4 Å². The van der Waals surface area contributed by atoms with Crippen molar-refractivity contribution >= 4 is 34.3 Å². The highest BCUT2D eigenvalue weighted by atomic mass is 35.5. The van der Waals surface area contributed by atoms with Crippen LogP contribution in [0.15, 0.2) is 62.6 Å². The normalized spacial score (nSPS) is 10.9. The van der Waals surface area contributed by atoms with Crippen LogP contribution in [-0.2, 0) is 0 Å². The second-order valence-corrected chi connectivity index (χ2v) is 6.66. The summed E-state index contributed by atoms with van der Waals surface area (Å²) >= 11 is 7.56. The van der Waals surface area contributed by atoms with Gasteiger partial charge in [-0.2, -0.15) is 0 Å². The molecular formula is C18H15ClO3S. The first-order valence-electron chi connectivity index (χ1n) is 7.17. The standard InChI is InChI=1S/C18H15ClO3S/c1-12-10-18(20)22-17-11-14(4-7-16(12)17)21-8-9-23-15-5-2-13(19)3-6-15/h2-7,10-11H,8-9H2,1H3. The van der Waals surface area contributed by atoms with Crippen LogP contribution in [0.4, 0.5) is 0 Å². The van der Waals surface area contributed by atoms with E-state index in [-0.39, 0.29) is 5.63 Å². The molecule has 1 heterocycles. The molecule has 0 aliphatic carbocycles. The molecular weight excluding hydrogens is 332 g/mol. The van der Waals surface area contributed by atoms with E-state index in [1.807, 2.05) is 43.3 Å². The lowest BCUT2D eigenvalue weighted by Crippen LogP contribution is -2.01. The van der Waals surface area contributed by atoms with Crippen LogP contribution in [0, 0.1) is 6.92 Å². The highest BCUT2D eigenvalue weighted by Crippen LogP contribution is 2.23. The number of halogens is 1. The SMILES string of the molecule is Cc1cc(=O)oc2cc(OCCSc3ccc(Cl)cc3)ccc12. The van der Waals surface area contributed by atoms with E-state index in [9.17, 15) is 4.79 Å². The maximum Gasteiger partial charge on any atom is 0.336 e. The van der Waals surface area contributed by atoms with Crippen LogP contribution in [0.3, 0.4) is 0 Å². The number of ether oxygens (including phenoxy) is 1. The van der Waals surface area contributed by atoms with Gasteiger partial charge < -0.3 is 9.15 Å². The van der Waals surface area contributed by atoms with Gasteiger partial charge in [-0.3, -0.25) is 0 Å². The van der Waals surface area contributed by atoms with Crippen molar-refractivity contribution < 1.29 is 9.15 Å². The third-order valence-electron chi connectivity index (χ3n) is 3.36. The molecule has 3 nitrogen and oxygen atoms in total. The van der Waals surface area contributed by atoms with Crippen LogP contribution in [0.5, 0.6) is 5.75 Å². The summed E-state index contributed by atoms with van der Waals surface area (Å²) in [7, 11) is 0. The molecule has 0 aliphatic heterocycles. The second kappa shape index (κ2) is 7.11. The Morgan fingerprint density at radius 3 is 2.70 bits per heavy atom. The van der Waals surface area contributed by atoms with E-state index in [0.717, 1.165) is 26.6 Å². The van der Waals surface area contributed by atoms with Gasteiger partial charge in [0, 0.05) is 33.2 Å². The molecule has 0 N–H and O–H groups in total. The molecule has 23 heavy (non-hydrogen) atoms. The van der Waals surface area contributed by atoms with Crippen LogP contribution < -0.4 is 10.4 Å². The fourth-order valence-corrected chi connectivity index (χ4v) is 3.10. The Morgan fingerprint density at radius 1 is 1.13 bits per heavy atom. The Kier molecular flexibility index (Phi) is 4.94. The summed E-state index contributed by atoms with van der Waals surface area (Å²) in [6.07, 6.45) is 0. The largest absolute Gasteiger partial charge is 0.493 e. The van der Waals surface area contributed by atoms with Crippen molar-refractivity contribution in [2.75, 3.05) is 12.4 Å². The first-order chi connectivity index (χ1) is 11.1. The van der Waals surface area contributed by atoms with Gasteiger partial charge in [-0.1, -0.05) is 11.6 Å². The average Bonchev–Trinajstić information content (AvgIpc) is 2.53. The fourth-order valence-electron chi connectivity index (χ4n) is 2.24. The number of thioether (sulfide) groups is 1. The number of aryl methyl sites for hydroxylation is 1. The Labute approximate surface area is 143 Å². The maximum atomic E-state index is 11.4. The molecule has 0 unspecified atom stereocenters. The predicted molar refractivity (Wildman–Crippen MR) is 94.9 cm³/mol. The fraction of sp³-hybridized carbons (Fsp3) is 0.167. The molecule has 0 fully saturated rings. The molecule has 0 aliphatic rings. The topological polar surface area (TPSA) is 39.4 Å². The Hall–Kier alpha value is -1.91. The third kappa shape index (κ3) is 4.09. The van der Waals surface area contributed by atoms with Gasteiger partial charge in [0.15, 0.2) is 0 Å². The Bertz CT molecular complexity index is 872. The van der Waals surface area contributed by atoms with E-state index in [1.165, 1.54) is 6.07 Å². The molecule has 0 bridgehead atoms. The summed E-state index contributed by atoms with van der Waals surface area (Å²) in [6, 6.07) is 14.8. The molecule has 0 saturated carbocycles. The maximum absolute atomic E-state index is 11.4. The average molecular weight is 347 g/mol. The van der Waals surface area contributed by atoms with Gasteiger partial charge >= 0.3 is 5.63 Å². The van der Waals surface area contributed by atoms with Gasteiger partial charge in [-0.05, 0) is 48.9 Å². The van der Waals surface area contributed by atoms with E-state index in [1.54, 1.807) is 17.8 Å². The highest BCUT2D eigenvalue weighted by molar-refractivity contribution is 7.99. The van der Waals surface area contributed by atoms with Gasteiger partial charge in [-0.15, -0.1) is 11.8 Å². The van der Waals surface area contributed by atoms with Gasteiger partial charge in [0.25, 0.3) is 0 Å². The number of rotatable bonds is 5. The Balaban J connectivity index is 1.61. The van der Waals surface area contributed by atoms with Crippen molar-refractivity contribution in [1.82, 2.24) is 0 Å². The minimum absolute atomic E-state index is 0.342. The number of fused-ring (bicyclic) bond motifs is 1. The lowest BCUT2D eigenvalue weighted by Gasteiger charge is -2.07. The molecule has 1 aromatic heterocycles. The van der Waals surface area contributed by atoms with Crippen LogP contribution in [0.25, 0.3) is 11.0 Å². The minimum Gasteiger partial charge on any atom is -0.493 e. The van der Waals surface area contributed by atoms with E-state index >= 15 is 0 Å². The first kappa shape index (κ1) is 16.0. The zero-order chi connectivity index (χ0) is 16.2. The van der Waals surface area contributed by atoms with Crippen LogP contribution in [0.2, 0.25) is 5.02 Å². The number of hydrogen-bond donors (Lipinski definition) is 0. The number of hydrogen-bond acceptors (Lipinski definition) is 4. The zero-order valence-electron chi connectivity index (χ0n) is 12.5. The van der Waals surface area contributed by atoms with Gasteiger partial charge in [0.05, 0.1) is 6.61 Å². The van der Waals surface area contributed by atoms with Crippen molar-refractivity contribution in [2.45, 2.75) is 11.8 Å². The van der Waals surface area contributed by atoms with Crippen LogP contribution in [0.1, 0.15) is 5.56 Å². The zero-order valence-corrected chi connectivity index (χ0v) is 14.1. The second-order valence-electron chi connectivity index (χ2n) is 5.06. The molecule has 0 spiro atoms. The van der Waals surface area contributed by atoms with Crippen molar-refractivity contribution in [3.63, 3.8) is 0 Å². The molecule has 2 aromatic carbocycles. The lowest BCUT2D eigenvalue weighted by atomic mass is 10.1. The highest BCUT2D eigenvalue weighted by Gasteiger charge is 2.04. The molecule has 0 saturated heterocycles. The molecule has 0 radical (unpaired) electrons. The van der Waals surface area contributed by atoms with Crippen molar-refractivity contribution in [3.8, 4) is 5.75 Å². The van der Waals surface area contributed by atoms with E-state index in [4.69, 9.17) is 20.8 Å². The van der Waals surface area contributed by atoms with Crippen molar-refractivity contribution in [1.29, 1.82) is 0 Å². The molecule has 118 valence electrons. The molecule has 5 heteroatoms. The quantitative estimate of drug-likeness (QED) is 0.373. The van der Waals surface area contributed by atoms with Crippen molar-refractivity contribution in [2.24, 2.45) is 0 Å². The molecule has 3 rings (SSSR count). The van der Waals surface area contributed by atoms with E-state index in [2.05, 4.69) is 0 Å².